The number of amides is 1. The first kappa shape index (κ1) is 19.2. The van der Waals surface area contributed by atoms with E-state index in [1.54, 1.807) is 6.92 Å². The van der Waals surface area contributed by atoms with Gasteiger partial charge in [0.2, 0.25) is 0 Å². The number of hydrogen-bond donors (Lipinski definition) is 1. The molecule has 0 aromatic heterocycles. The van der Waals surface area contributed by atoms with E-state index in [0.29, 0.717) is 16.7 Å². The molecule has 0 saturated heterocycles. The molecule has 1 aliphatic rings. The highest BCUT2D eigenvalue weighted by atomic mass is 79.9. The van der Waals surface area contributed by atoms with Crippen molar-refractivity contribution in [2.24, 2.45) is 10.7 Å². The van der Waals surface area contributed by atoms with Gasteiger partial charge in [-0.05, 0) is 63.8 Å². The fourth-order valence-electron chi connectivity index (χ4n) is 3.01. The lowest BCUT2D eigenvalue weighted by Gasteiger charge is -2.27. The van der Waals surface area contributed by atoms with Crippen LogP contribution >= 0.6 is 15.9 Å². The summed E-state index contributed by atoms with van der Waals surface area (Å²) in [6.45, 7) is -1.39. The molecular formula is C18H15BrF3N3O2. The first-order valence-corrected chi connectivity index (χ1v) is 8.61. The summed E-state index contributed by atoms with van der Waals surface area (Å²) in [5, 5.41) is 0. The van der Waals surface area contributed by atoms with Crippen molar-refractivity contribution >= 4 is 27.8 Å². The van der Waals surface area contributed by atoms with Crippen molar-refractivity contribution in [2.75, 3.05) is 7.05 Å². The summed E-state index contributed by atoms with van der Waals surface area (Å²) < 4.78 is 43.4. The SMILES string of the molecule is Cc1cc(C2(c3ccc(F)c(Br)c3)N=C(N)N(C)C2=O)ccc1OC(F)F. The van der Waals surface area contributed by atoms with Crippen LogP contribution in [0.15, 0.2) is 45.9 Å². The quantitative estimate of drug-likeness (QED) is 0.788. The Labute approximate surface area is 161 Å². The van der Waals surface area contributed by atoms with Crippen LogP contribution in [0.3, 0.4) is 0 Å². The number of carbonyl (C=O) groups is 1. The summed E-state index contributed by atoms with van der Waals surface area (Å²) >= 11 is 3.11. The third kappa shape index (κ3) is 3.16. The minimum absolute atomic E-state index is 0.00833. The standard InChI is InChI=1S/C18H15BrF3N3O2/c1-9-7-10(4-6-14(9)27-16(21)22)18(15(26)25(2)17(23)24-18)11-3-5-13(20)12(19)8-11/h3-8,16H,1-2H3,(H2,23,24). The van der Waals surface area contributed by atoms with Crippen LogP contribution in [-0.4, -0.2) is 30.4 Å². The van der Waals surface area contributed by atoms with E-state index in [1.807, 2.05) is 0 Å². The highest BCUT2D eigenvalue weighted by Gasteiger charge is 2.49. The van der Waals surface area contributed by atoms with Crippen LogP contribution in [0.25, 0.3) is 0 Å². The second-order valence-corrected chi connectivity index (χ2v) is 6.89. The molecule has 142 valence electrons. The van der Waals surface area contributed by atoms with Crippen molar-refractivity contribution in [3.63, 3.8) is 0 Å². The van der Waals surface area contributed by atoms with Crippen LogP contribution in [0.2, 0.25) is 0 Å². The van der Waals surface area contributed by atoms with E-state index in [9.17, 15) is 18.0 Å². The van der Waals surface area contributed by atoms with Crippen LogP contribution in [0.1, 0.15) is 16.7 Å². The molecule has 0 bridgehead atoms. The number of halogens is 4. The molecular weight excluding hydrogens is 427 g/mol. The molecule has 0 saturated carbocycles. The lowest BCUT2D eigenvalue weighted by molar-refractivity contribution is -0.129. The zero-order valence-electron chi connectivity index (χ0n) is 14.3. The molecule has 1 amide bonds. The summed E-state index contributed by atoms with van der Waals surface area (Å²) in [5.41, 5.74) is 5.49. The molecule has 2 aromatic rings. The van der Waals surface area contributed by atoms with Gasteiger partial charge in [-0.15, -0.1) is 0 Å². The number of guanidine groups is 1. The monoisotopic (exact) mass is 441 g/mol. The van der Waals surface area contributed by atoms with Gasteiger partial charge in [0.15, 0.2) is 11.5 Å². The van der Waals surface area contributed by atoms with E-state index < -0.39 is 23.9 Å². The van der Waals surface area contributed by atoms with Crippen LogP contribution in [0, 0.1) is 12.7 Å². The van der Waals surface area contributed by atoms with E-state index >= 15 is 0 Å². The molecule has 9 heteroatoms. The number of carbonyl (C=O) groups excluding carboxylic acids is 1. The maximum absolute atomic E-state index is 13.7. The molecule has 0 spiro atoms. The van der Waals surface area contributed by atoms with Gasteiger partial charge < -0.3 is 10.5 Å². The third-order valence-electron chi connectivity index (χ3n) is 4.39. The molecule has 1 aliphatic heterocycles. The number of hydrogen-bond acceptors (Lipinski definition) is 4. The van der Waals surface area contributed by atoms with Crippen LogP contribution in [0.4, 0.5) is 13.2 Å². The molecule has 0 radical (unpaired) electrons. The van der Waals surface area contributed by atoms with Gasteiger partial charge in [-0.1, -0.05) is 12.1 Å². The van der Waals surface area contributed by atoms with E-state index in [0.717, 1.165) is 0 Å². The van der Waals surface area contributed by atoms with Crippen LogP contribution < -0.4 is 10.5 Å². The Hall–Kier alpha value is -2.55. The number of rotatable bonds is 4. The number of aliphatic imine (C=N–C) groups is 1. The summed E-state index contributed by atoms with van der Waals surface area (Å²) in [4.78, 5) is 18.6. The lowest BCUT2D eigenvalue weighted by atomic mass is 9.82. The average Bonchev–Trinajstić information content (AvgIpc) is 2.84. The van der Waals surface area contributed by atoms with Gasteiger partial charge in [-0.2, -0.15) is 8.78 Å². The summed E-state index contributed by atoms with van der Waals surface area (Å²) in [5.74, 6) is -0.965. The maximum Gasteiger partial charge on any atom is 0.387 e. The van der Waals surface area contributed by atoms with Gasteiger partial charge in [-0.25, -0.2) is 9.38 Å². The molecule has 5 nitrogen and oxygen atoms in total. The molecule has 1 heterocycles. The molecule has 0 fully saturated rings. The lowest BCUT2D eigenvalue weighted by Crippen LogP contribution is -2.41. The zero-order chi connectivity index (χ0) is 19.9. The third-order valence-corrected chi connectivity index (χ3v) is 4.99. The molecule has 2 aromatic carbocycles. The van der Waals surface area contributed by atoms with E-state index in [-0.39, 0.29) is 16.2 Å². The summed E-state index contributed by atoms with van der Waals surface area (Å²) in [6, 6.07) is 8.43. The van der Waals surface area contributed by atoms with E-state index in [1.165, 1.54) is 48.3 Å². The number of likely N-dealkylation sites (N-methyl/N-ethyl adjacent to an activating group) is 1. The molecule has 27 heavy (non-hydrogen) atoms. The highest BCUT2D eigenvalue weighted by molar-refractivity contribution is 9.10. The van der Waals surface area contributed by atoms with Crippen molar-refractivity contribution in [3.8, 4) is 5.75 Å². The van der Waals surface area contributed by atoms with Crippen LogP contribution in [0.5, 0.6) is 5.75 Å². The summed E-state index contributed by atoms with van der Waals surface area (Å²) in [7, 11) is 1.47. The number of aryl methyl sites for hydroxylation is 1. The van der Waals surface area contributed by atoms with Gasteiger partial charge in [0.05, 0.1) is 4.47 Å². The first-order chi connectivity index (χ1) is 12.7. The normalized spacial score (nSPS) is 19.6. The molecule has 1 unspecified atom stereocenters. The Kier molecular flexibility index (Phi) is 4.90. The van der Waals surface area contributed by atoms with E-state index in [4.69, 9.17) is 5.73 Å². The maximum atomic E-state index is 13.7. The van der Waals surface area contributed by atoms with E-state index in [2.05, 4.69) is 25.7 Å². The number of benzene rings is 2. The zero-order valence-corrected chi connectivity index (χ0v) is 15.9. The fourth-order valence-corrected chi connectivity index (χ4v) is 3.39. The second-order valence-electron chi connectivity index (χ2n) is 6.03. The van der Waals surface area contributed by atoms with Crippen molar-refractivity contribution in [1.82, 2.24) is 4.90 Å². The number of alkyl halides is 2. The molecule has 2 N–H and O–H groups in total. The minimum Gasteiger partial charge on any atom is -0.435 e. The van der Waals surface area contributed by atoms with Crippen LogP contribution in [-0.2, 0) is 10.3 Å². The summed E-state index contributed by atoms with van der Waals surface area (Å²) in [6.07, 6.45) is 0. The fraction of sp³-hybridized carbons (Fsp3) is 0.222. The Bertz CT molecular complexity index is 951. The average molecular weight is 442 g/mol. The van der Waals surface area contributed by atoms with Crippen molar-refractivity contribution in [3.05, 3.63) is 63.4 Å². The number of ether oxygens (including phenoxy) is 1. The smallest absolute Gasteiger partial charge is 0.387 e. The Morgan fingerprint density at radius 2 is 1.85 bits per heavy atom. The van der Waals surface area contributed by atoms with Gasteiger partial charge >= 0.3 is 6.61 Å². The number of nitrogens with zero attached hydrogens (tertiary/aromatic N) is 2. The Morgan fingerprint density at radius 1 is 1.22 bits per heavy atom. The van der Waals surface area contributed by atoms with Crippen molar-refractivity contribution in [1.29, 1.82) is 0 Å². The minimum atomic E-state index is -2.97. The largest absolute Gasteiger partial charge is 0.435 e. The molecule has 0 aliphatic carbocycles. The van der Waals surface area contributed by atoms with Gasteiger partial charge in [0, 0.05) is 7.05 Å². The highest BCUT2D eigenvalue weighted by Crippen LogP contribution is 2.41. The van der Waals surface area contributed by atoms with Crippen molar-refractivity contribution in [2.45, 2.75) is 19.1 Å². The second kappa shape index (κ2) is 6.88. The van der Waals surface area contributed by atoms with Gasteiger partial charge in [0.1, 0.15) is 11.6 Å². The Balaban J connectivity index is 2.22. The first-order valence-electron chi connectivity index (χ1n) is 7.81. The predicted octanol–water partition coefficient (Wildman–Crippen LogP) is 3.53. The van der Waals surface area contributed by atoms with Gasteiger partial charge in [-0.3, -0.25) is 9.69 Å². The molecule has 3 rings (SSSR count). The van der Waals surface area contributed by atoms with Gasteiger partial charge in [0.25, 0.3) is 5.91 Å². The van der Waals surface area contributed by atoms with Crippen molar-refractivity contribution < 1.29 is 22.7 Å². The molecule has 1 atom stereocenters. The number of nitrogens with two attached hydrogens (primary N) is 1. The predicted molar refractivity (Wildman–Crippen MR) is 97.1 cm³/mol. The Morgan fingerprint density at radius 3 is 2.37 bits per heavy atom. The topological polar surface area (TPSA) is 67.9 Å².